The minimum atomic E-state index is -0.550. The van der Waals surface area contributed by atoms with Crippen molar-refractivity contribution in [3.05, 3.63) is 94.1 Å². The van der Waals surface area contributed by atoms with Gasteiger partial charge in [-0.15, -0.1) is 0 Å². The van der Waals surface area contributed by atoms with Gasteiger partial charge < -0.3 is 15.2 Å². The first-order valence-electron chi connectivity index (χ1n) is 10.6. The SMILES string of the molecule is CCc1c[nH]c(C(=O)N2CCc3ccccc3C(NC(=O)c3ccc(C)cc3F)C2)c1. The number of nitrogens with one attached hydrogen (secondary N) is 2. The van der Waals surface area contributed by atoms with Crippen molar-refractivity contribution in [2.75, 3.05) is 13.1 Å². The van der Waals surface area contributed by atoms with Crippen LogP contribution in [0, 0.1) is 12.7 Å². The van der Waals surface area contributed by atoms with E-state index >= 15 is 0 Å². The molecule has 1 aliphatic heterocycles. The average molecular weight is 420 g/mol. The Morgan fingerprint density at radius 2 is 2.00 bits per heavy atom. The molecule has 0 bridgehead atoms. The van der Waals surface area contributed by atoms with Gasteiger partial charge in [0.2, 0.25) is 0 Å². The van der Waals surface area contributed by atoms with E-state index in [-0.39, 0.29) is 11.5 Å². The number of rotatable bonds is 4. The zero-order valence-corrected chi connectivity index (χ0v) is 17.7. The fourth-order valence-electron chi connectivity index (χ4n) is 4.05. The lowest BCUT2D eigenvalue weighted by Crippen LogP contribution is -2.40. The summed E-state index contributed by atoms with van der Waals surface area (Å²) in [4.78, 5) is 30.9. The number of hydrogen-bond donors (Lipinski definition) is 2. The van der Waals surface area contributed by atoms with E-state index in [1.807, 2.05) is 43.5 Å². The molecule has 4 rings (SSSR count). The molecule has 1 unspecified atom stereocenters. The number of halogens is 1. The number of aryl methyl sites for hydroxylation is 2. The van der Waals surface area contributed by atoms with Gasteiger partial charge in [-0.25, -0.2) is 4.39 Å². The van der Waals surface area contributed by atoms with E-state index in [9.17, 15) is 14.0 Å². The molecule has 6 heteroatoms. The summed E-state index contributed by atoms with van der Waals surface area (Å²) < 4.78 is 14.4. The summed E-state index contributed by atoms with van der Waals surface area (Å²) >= 11 is 0. The molecular weight excluding hydrogens is 393 g/mol. The third kappa shape index (κ3) is 4.38. The van der Waals surface area contributed by atoms with Crippen molar-refractivity contribution < 1.29 is 14.0 Å². The van der Waals surface area contributed by atoms with Crippen molar-refractivity contribution >= 4 is 11.8 Å². The minimum Gasteiger partial charge on any atom is -0.357 e. The molecule has 31 heavy (non-hydrogen) atoms. The molecule has 160 valence electrons. The van der Waals surface area contributed by atoms with Gasteiger partial charge >= 0.3 is 0 Å². The molecule has 1 aromatic heterocycles. The number of carbonyl (C=O) groups excluding carboxylic acids is 2. The molecule has 1 atom stereocenters. The van der Waals surface area contributed by atoms with Crippen LogP contribution in [0.3, 0.4) is 0 Å². The Hall–Kier alpha value is -3.41. The van der Waals surface area contributed by atoms with Gasteiger partial charge in [-0.05, 0) is 60.2 Å². The van der Waals surface area contributed by atoms with E-state index in [1.54, 1.807) is 17.9 Å². The molecule has 5 nitrogen and oxygen atoms in total. The fourth-order valence-corrected chi connectivity index (χ4v) is 4.05. The number of H-pyrrole nitrogens is 1. The van der Waals surface area contributed by atoms with Crippen LogP contribution in [0.4, 0.5) is 4.39 Å². The number of nitrogens with zero attached hydrogens (tertiary/aromatic N) is 1. The summed E-state index contributed by atoms with van der Waals surface area (Å²) in [7, 11) is 0. The maximum Gasteiger partial charge on any atom is 0.270 e. The van der Waals surface area contributed by atoms with E-state index in [0.717, 1.165) is 28.7 Å². The molecule has 0 radical (unpaired) electrons. The second-order valence-corrected chi connectivity index (χ2v) is 7.98. The predicted molar refractivity (Wildman–Crippen MR) is 118 cm³/mol. The summed E-state index contributed by atoms with van der Waals surface area (Å²) in [6.45, 7) is 4.67. The van der Waals surface area contributed by atoms with Gasteiger partial charge in [0.1, 0.15) is 11.5 Å². The number of benzene rings is 2. The number of aromatic nitrogens is 1. The Labute approximate surface area is 181 Å². The Kier molecular flexibility index (Phi) is 5.89. The number of hydrogen-bond acceptors (Lipinski definition) is 2. The summed E-state index contributed by atoms with van der Waals surface area (Å²) in [5.74, 6) is -1.14. The van der Waals surface area contributed by atoms with Crippen LogP contribution in [0.5, 0.6) is 0 Å². The van der Waals surface area contributed by atoms with Crippen LogP contribution >= 0.6 is 0 Å². The first kappa shape index (κ1) is 20.8. The van der Waals surface area contributed by atoms with Gasteiger partial charge in [0.05, 0.1) is 11.6 Å². The Morgan fingerprint density at radius 1 is 1.19 bits per heavy atom. The first-order chi connectivity index (χ1) is 15.0. The quantitative estimate of drug-likeness (QED) is 0.666. The summed E-state index contributed by atoms with van der Waals surface area (Å²) in [5.41, 5.74) is 4.40. The van der Waals surface area contributed by atoms with Gasteiger partial charge in [-0.1, -0.05) is 37.3 Å². The lowest BCUT2D eigenvalue weighted by atomic mass is 9.99. The number of carbonyl (C=O) groups is 2. The molecule has 0 spiro atoms. The highest BCUT2D eigenvalue weighted by molar-refractivity contribution is 5.95. The number of amides is 2. The highest BCUT2D eigenvalue weighted by Crippen LogP contribution is 2.25. The van der Waals surface area contributed by atoms with Crippen LogP contribution in [0.15, 0.2) is 54.7 Å². The first-order valence-corrected chi connectivity index (χ1v) is 10.6. The van der Waals surface area contributed by atoms with Crippen LogP contribution in [0.2, 0.25) is 0 Å². The number of aromatic amines is 1. The van der Waals surface area contributed by atoms with E-state index in [4.69, 9.17) is 0 Å². The second-order valence-electron chi connectivity index (χ2n) is 7.98. The van der Waals surface area contributed by atoms with Gasteiger partial charge in [0.25, 0.3) is 11.8 Å². The molecule has 0 aliphatic carbocycles. The number of fused-ring (bicyclic) bond motifs is 1. The van der Waals surface area contributed by atoms with Gasteiger partial charge in [0.15, 0.2) is 0 Å². The van der Waals surface area contributed by atoms with Crippen LogP contribution < -0.4 is 5.32 Å². The topological polar surface area (TPSA) is 65.2 Å². The lowest BCUT2D eigenvalue weighted by molar-refractivity contribution is 0.0727. The Morgan fingerprint density at radius 3 is 2.74 bits per heavy atom. The second kappa shape index (κ2) is 8.76. The van der Waals surface area contributed by atoms with Crippen molar-refractivity contribution in [1.29, 1.82) is 0 Å². The molecule has 0 saturated heterocycles. The molecule has 2 amide bonds. The Balaban J connectivity index is 1.61. The molecule has 3 aromatic rings. The van der Waals surface area contributed by atoms with Crippen LogP contribution in [0.25, 0.3) is 0 Å². The largest absolute Gasteiger partial charge is 0.357 e. The third-order valence-electron chi connectivity index (χ3n) is 5.83. The molecule has 0 saturated carbocycles. The molecule has 0 fully saturated rings. The van der Waals surface area contributed by atoms with Crippen LogP contribution in [-0.4, -0.2) is 34.8 Å². The van der Waals surface area contributed by atoms with Crippen LogP contribution in [-0.2, 0) is 12.8 Å². The minimum absolute atomic E-state index is 0.00200. The predicted octanol–water partition coefficient (Wildman–Crippen LogP) is 4.19. The lowest BCUT2D eigenvalue weighted by Gasteiger charge is -2.26. The highest BCUT2D eigenvalue weighted by Gasteiger charge is 2.28. The van der Waals surface area contributed by atoms with E-state index in [2.05, 4.69) is 10.3 Å². The monoisotopic (exact) mass is 419 g/mol. The molecule has 2 N–H and O–H groups in total. The molecule has 1 aliphatic rings. The zero-order chi connectivity index (χ0) is 22.0. The van der Waals surface area contributed by atoms with Crippen molar-refractivity contribution in [3.8, 4) is 0 Å². The van der Waals surface area contributed by atoms with Crippen molar-refractivity contribution in [1.82, 2.24) is 15.2 Å². The summed E-state index contributed by atoms with van der Waals surface area (Å²) in [6, 6.07) is 13.8. The van der Waals surface area contributed by atoms with E-state index in [0.29, 0.717) is 25.2 Å². The van der Waals surface area contributed by atoms with Gasteiger partial charge in [-0.3, -0.25) is 9.59 Å². The van der Waals surface area contributed by atoms with Crippen molar-refractivity contribution in [3.63, 3.8) is 0 Å². The standard InChI is InChI=1S/C25H26FN3O2/c1-3-17-13-22(27-14-17)25(31)29-11-10-18-6-4-5-7-19(18)23(15-29)28-24(30)20-9-8-16(2)12-21(20)26/h4-9,12-14,23,27H,3,10-11,15H2,1-2H3,(H,28,30). The van der Waals surface area contributed by atoms with E-state index in [1.165, 1.54) is 12.1 Å². The van der Waals surface area contributed by atoms with Crippen molar-refractivity contribution in [2.45, 2.75) is 32.7 Å². The average Bonchev–Trinajstić information content (AvgIpc) is 3.17. The smallest absolute Gasteiger partial charge is 0.270 e. The maximum atomic E-state index is 14.4. The Bertz CT molecular complexity index is 1120. The fraction of sp³-hybridized carbons (Fsp3) is 0.280. The molecule has 2 heterocycles. The van der Waals surface area contributed by atoms with Crippen LogP contribution in [0.1, 0.15) is 56.1 Å². The highest BCUT2D eigenvalue weighted by atomic mass is 19.1. The van der Waals surface area contributed by atoms with Gasteiger partial charge in [0, 0.05) is 19.3 Å². The van der Waals surface area contributed by atoms with Gasteiger partial charge in [-0.2, -0.15) is 0 Å². The molecule has 2 aromatic carbocycles. The maximum absolute atomic E-state index is 14.4. The zero-order valence-electron chi connectivity index (χ0n) is 17.7. The third-order valence-corrected chi connectivity index (χ3v) is 5.83. The summed E-state index contributed by atoms with van der Waals surface area (Å²) in [5, 5.41) is 2.96. The van der Waals surface area contributed by atoms with Crippen molar-refractivity contribution in [2.24, 2.45) is 0 Å². The van der Waals surface area contributed by atoms with E-state index < -0.39 is 17.8 Å². The normalized spacial score (nSPS) is 15.8. The summed E-state index contributed by atoms with van der Waals surface area (Å²) in [6.07, 6.45) is 3.38. The molecular formula is C25H26FN3O2.